The maximum Gasteiger partial charge on any atom is 0.240 e. The van der Waals surface area contributed by atoms with Crippen LogP contribution in [0.25, 0.3) is 0 Å². The Bertz CT molecular complexity index is 626. The fourth-order valence-corrected chi connectivity index (χ4v) is 3.34. The molecule has 3 N–H and O–H groups in total. The van der Waals surface area contributed by atoms with E-state index in [4.69, 9.17) is 5.73 Å². The topological polar surface area (TPSA) is 92.5 Å². The van der Waals surface area contributed by atoms with Gasteiger partial charge in [-0.3, -0.25) is 4.79 Å². The van der Waals surface area contributed by atoms with Crippen LogP contribution in [0.5, 0.6) is 0 Å². The fraction of sp³-hybridized carbons (Fsp3) is 0.462. The van der Waals surface area contributed by atoms with Gasteiger partial charge >= 0.3 is 0 Å². The molecule has 6 nitrogen and oxygen atoms in total. The minimum absolute atomic E-state index is 0.0816. The molecule has 1 aliphatic rings. The molecule has 0 fully saturated rings. The molecule has 1 aromatic carbocycles. The molecular formula is C13H19N3O3S. The van der Waals surface area contributed by atoms with Crippen molar-refractivity contribution in [2.45, 2.75) is 31.2 Å². The number of sulfonamides is 1. The summed E-state index contributed by atoms with van der Waals surface area (Å²) in [7, 11) is -3.59. The molecule has 0 aromatic heterocycles. The van der Waals surface area contributed by atoms with E-state index in [0.29, 0.717) is 12.2 Å². The summed E-state index contributed by atoms with van der Waals surface area (Å²) in [4.78, 5) is 13.3. The number of benzene rings is 1. The molecule has 0 bridgehead atoms. The normalized spacial score (nSPS) is 16.1. The molecule has 1 aromatic rings. The van der Waals surface area contributed by atoms with Crippen LogP contribution < -0.4 is 15.4 Å². The Morgan fingerprint density at radius 3 is 2.80 bits per heavy atom. The monoisotopic (exact) mass is 297 g/mol. The maximum atomic E-state index is 12.1. The molecule has 0 spiro atoms. The molecular weight excluding hydrogens is 278 g/mol. The Morgan fingerprint density at radius 2 is 2.20 bits per heavy atom. The van der Waals surface area contributed by atoms with Gasteiger partial charge in [-0.1, -0.05) is 6.07 Å². The quantitative estimate of drug-likeness (QED) is 0.831. The highest BCUT2D eigenvalue weighted by Crippen LogP contribution is 2.30. The number of nitrogens with one attached hydrogen (secondary N) is 1. The zero-order valence-corrected chi connectivity index (χ0v) is 12.4. The van der Waals surface area contributed by atoms with Gasteiger partial charge in [-0.05, 0) is 31.0 Å². The van der Waals surface area contributed by atoms with E-state index in [9.17, 15) is 13.2 Å². The van der Waals surface area contributed by atoms with E-state index in [1.165, 1.54) is 6.92 Å². The van der Waals surface area contributed by atoms with Gasteiger partial charge in [0.15, 0.2) is 0 Å². The summed E-state index contributed by atoms with van der Waals surface area (Å²) in [5, 5.41) is 0. The van der Waals surface area contributed by atoms with E-state index >= 15 is 0 Å². The number of nitrogens with zero attached hydrogens (tertiary/aromatic N) is 1. The lowest BCUT2D eigenvalue weighted by Crippen LogP contribution is -2.35. The number of nitrogens with two attached hydrogens (primary N) is 1. The second-order valence-corrected chi connectivity index (χ2v) is 6.81. The van der Waals surface area contributed by atoms with Crippen LogP contribution in [-0.2, 0) is 21.2 Å². The number of hydrogen-bond acceptors (Lipinski definition) is 4. The van der Waals surface area contributed by atoms with Gasteiger partial charge in [-0.15, -0.1) is 0 Å². The summed E-state index contributed by atoms with van der Waals surface area (Å²) < 4.78 is 26.7. The third-order valence-electron chi connectivity index (χ3n) is 3.24. The molecule has 0 saturated heterocycles. The number of hydrogen-bond donors (Lipinski definition) is 2. The lowest BCUT2D eigenvalue weighted by molar-refractivity contribution is -0.116. The van der Waals surface area contributed by atoms with Gasteiger partial charge in [0.1, 0.15) is 0 Å². The maximum absolute atomic E-state index is 12.1. The predicted molar refractivity (Wildman–Crippen MR) is 77.0 cm³/mol. The van der Waals surface area contributed by atoms with E-state index in [-0.39, 0.29) is 23.4 Å². The van der Waals surface area contributed by atoms with Crippen molar-refractivity contribution < 1.29 is 13.2 Å². The van der Waals surface area contributed by atoms with Crippen molar-refractivity contribution in [3.05, 3.63) is 23.8 Å². The summed E-state index contributed by atoms with van der Waals surface area (Å²) in [6, 6.07) is 4.62. The molecule has 0 aliphatic carbocycles. The minimum atomic E-state index is -3.59. The summed E-state index contributed by atoms with van der Waals surface area (Å²) in [5.74, 6) is -0.0816. The van der Waals surface area contributed by atoms with E-state index < -0.39 is 10.0 Å². The Morgan fingerprint density at radius 1 is 1.50 bits per heavy atom. The highest BCUT2D eigenvalue weighted by molar-refractivity contribution is 7.89. The first-order chi connectivity index (χ1) is 9.31. The van der Waals surface area contributed by atoms with E-state index in [1.807, 2.05) is 0 Å². The van der Waals surface area contributed by atoms with E-state index in [2.05, 4.69) is 4.72 Å². The zero-order valence-electron chi connectivity index (χ0n) is 11.6. The number of fused-ring (bicyclic) bond motifs is 1. The summed E-state index contributed by atoms with van der Waals surface area (Å²) >= 11 is 0. The van der Waals surface area contributed by atoms with Gasteiger partial charge < -0.3 is 10.6 Å². The molecule has 1 atom stereocenters. The largest absolute Gasteiger partial charge is 0.327 e. The first-order valence-electron chi connectivity index (χ1n) is 6.47. The molecule has 7 heteroatoms. The SMILES string of the molecule is CC(=O)N1CCc2ccc(S(=O)(=O)NCC(C)N)cc21. The van der Waals surface area contributed by atoms with Crippen LogP contribution in [0.3, 0.4) is 0 Å². The first-order valence-corrected chi connectivity index (χ1v) is 7.96. The molecule has 1 unspecified atom stereocenters. The second kappa shape index (κ2) is 5.51. The highest BCUT2D eigenvalue weighted by atomic mass is 32.2. The van der Waals surface area contributed by atoms with E-state index in [1.54, 1.807) is 30.0 Å². The molecule has 2 rings (SSSR count). The van der Waals surface area contributed by atoms with Gasteiger partial charge in [0.2, 0.25) is 15.9 Å². The third kappa shape index (κ3) is 3.00. The third-order valence-corrected chi connectivity index (χ3v) is 4.66. The van der Waals surface area contributed by atoms with E-state index in [0.717, 1.165) is 12.0 Å². The van der Waals surface area contributed by atoms with Crippen LogP contribution in [0.4, 0.5) is 5.69 Å². The number of carbonyl (C=O) groups excluding carboxylic acids is 1. The van der Waals surface area contributed by atoms with Gasteiger partial charge in [0.25, 0.3) is 0 Å². The highest BCUT2D eigenvalue weighted by Gasteiger charge is 2.25. The van der Waals surface area contributed by atoms with Crippen LogP contribution in [-0.4, -0.2) is 33.5 Å². The lowest BCUT2D eigenvalue weighted by Gasteiger charge is -2.16. The second-order valence-electron chi connectivity index (χ2n) is 5.04. The predicted octanol–water partition coefficient (Wildman–Crippen LogP) is 0.221. The van der Waals surface area contributed by atoms with Crippen molar-refractivity contribution >= 4 is 21.6 Å². The Labute approximate surface area is 119 Å². The summed E-state index contributed by atoms with van der Waals surface area (Å²) in [6.07, 6.45) is 0.752. The smallest absolute Gasteiger partial charge is 0.240 e. The first kappa shape index (κ1) is 15.0. The van der Waals surface area contributed by atoms with Crippen LogP contribution in [0.1, 0.15) is 19.4 Å². The van der Waals surface area contributed by atoms with Crippen molar-refractivity contribution in [2.24, 2.45) is 5.73 Å². The number of carbonyl (C=O) groups is 1. The fourth-order valence-electron chi connectivity index (χ4n) is 2.18. The molecule has 110 valence electrons. The summed E-state index contributed by atoms with van der Waals surface area (Å²) in [6.45, 7) is 3.98. The van der Waals surface area contributed by atoms with Gasteiger partial charge in [-0.25, -0.2) is 13.1 Å². The van der Waals surface area contributed by atoms with Crippen LogP contribution >= 0.6 is 0 Å². The standard InChI is InChI=1S/C13H19N3O3S/c1-9(14)8-15-20(18,19)12-4-3-11-5-6-16(10(2)17)13(11)7-12/h3-4,7,9,15H,5-6,8,14H2,1-2H3. The van der Waals surface area contributed by atoms with Crippen molar-refractivity contribution in [1.82, 2.24) is 4.72 Å². The molecule has 0 saturated carbocycles. The van der Waals surface area contributed by atoms with Crippen LogP contribution in [0.2, 0.25) is 0 Å². The van der Waals surface area contributed by atoms with Gasteiger partial charge in [0, 0.05) is 31.7 Å². The van der Waals surface area contributed by atoms with Gasteiger partial charge in [-0.2, -0.15) is 0 Å². The summed E-state index contributed by atoms with van der Waals surface area (Å²) in [5.41, 5.74) is 7.22. The molecule has 20 heavy (non-hydrogen) atoms. The minimum Gasteiger partial charge on any atom is -0.327 e. The Balaban J connectivity index is 2.31. The molecule has 1 amide bonds. The molecule has 1 aliphatic heterocycles. The Kier molecular flexibility index (Phi) is 4.12. The average molecular weight is 297 g/mol. The lowest BCUT2D eigenvalue weighted by atomic mass is 10.2. The van der Waals surface area contributed by atoms with Crippen LogP contribution in [0, 0.1) is 0 Å². The van der Waals surface area contributed by atoms with Crippen molar-refractivity contribution in [2.75, 3.05) is 18.0 Å². The molecule has 1 heterocycles. The number of amides is 1. The van der Waals surface area contributed by atoms with Crippen molar-refractivity contribution in [1.29, 1.82) is 0 Å². The average Bonchev–Trinajstić information content (AvgIpc) is 2.79. The number of rotatable bonds is 4. The Hall–Kier alpha value is -1.44. The van der Waals surface area contributed by atoms with Crippen molar-refractivity contribution in [3.8, 4) is 0 Å². The van der Waals surface area contributed by atoms with Crippen LogP contribution in [0.15, 0.2) is 23.1 Å². The zero-order chi connectivity index (χ0) is 14.9. The van der Waals surface area contributed by atoms with Gasteiger partial charge in [0.05, 0.1) is 4.90 Å². The molecule has 0 radical (unpaired) electrons. The van der Waals surface area contributed by atoms with Crippen molar-refractivity contribution in [3.63, 3.8) is 0 Å². The number of anilines is 1.